The Morgan fingerprint density at radius 3 is 2.55 bits per heavy atom. The third-order valence-corrected chi connectivity index (χ3v) is 8.19. The number of aliphatic hydroxyl groups excluding tert-OH is 1. The van der Waals surface area contributed by atoms with Crippen molar-refractivity contribution in [2.75, 3.05) is 46.3 Å². The van der Waals surface area contributed by atoms with Gasteiger partial charge in [0.05, 0.1) is 6.10 Å². The number of hydrogen-bond donors (Lipinski definition) is 4. The van der Waals surface area contributed by atoms with Gasteiger partial charge in [-0.05, 0) is 69.5 Å². The number of aliphatic hydroxyl groups is 1. The highest BCUT2D eigenvalue weighted by Crippen LogP contribution is 2.28. The lowest BCUT2D eigenvalue weighted by atomic mass is 9.96. The topological polar surface area (TPSA) is 156 Å². The maximum Gasteiger partial charge on any atom is 0.286 e. The minimum Gasteiger partial charge on any atom is -0.392 e. The molecular weight excluding hydrogens is 560 g/mol. The number of amidine groups is 1. The number of benzene rings is 1. The zero-order valence-electron chi connectivity index (χ0n) is 25.1. The maximum atomic E-state index is 12.8. The number of carbonyl (C=O) groups is 2. The van der Waals surface area contributed by atoms with E-state index in [1.807, 2.05) is 23.1 Å². The molecule has 12 nitrogen and oxygen atoms in total. The smallest absolute Gasteiger partial charge is 0.286 e. The summed E-state index contributed by atoms with van der Waals surface area (Å²) < 4.78 is 0. The molecule has 5 N–H and O–H groups in total. The average molecular weight is 605 g/mol. The summed E-state index contributed by atoms with van der Waals surface area (Å²) in [5.74, 6) is -0.756. The van der Waals surface area contributed by atoms with E-state index in [1.165, 1.54) is 7.05 Å². The number of halogens is 1. The van der Waals surface area contributed by atoms with Gasteiger partial charge in [-0.1, -0.05) is 29.8 Å². The highest BCUT2D eigenvalue weighted by molar-refractivity contribution is 6.38. The van der Waals surface area contributed by atoms with Crippen molar-refractivity contribution in [1.82, 2.24) is 25.3 Å². The van der Waals surface area contributed by atoms with Crippen LogP contribution in [-0.4, -0.2) is 102 Å². The van der Waals surface area contributed by atoms with Gasteiger partial charge in [-0.15, -0.1) is 0 Å². The molecule has 2 amide bonds. The number of nitrogens with one attached hydrogen (secondary N) is 2. The van der Waals surface area contributed by atoms with Crippen LogP contribution >= 0.6 is 11.6 Å². The first kappa shape index (κ1) is 33.4. The molecular formula is C29H45ClN8O4. The van der Waals surface area contributed by atoms with Gasteiger partial charge in [0, 0.05) is 63.0 Å². The summed E-state index contributed by atoms with van der Waals surface area (Å²) in [6.07, 6.45) is 3.39. The van der Waals surface area contributed by atoms with Gasteiger partial charge in [0.1, 0.15) is 11.9 Å². The second kappa shape index (κ2) is 16.0. The molecule has 1 aromatic rings. The highest BCUT2D eigenvalue weighted by Gasteiger charge is 2.35. The quantitative estimate of drug-likeness (QED) is 0.137. The Hall–Kier alpha value is -3.06. The Morgan fingerprint density at radius 2 is 1.93 bits per heavy atom. The fourth-order valence-electron chi connectivity index (χ4n) is 5.68. The van der Waals surface area contributed by atoms with Crippen LogP contribution in [0.2, 0.25) is 5.02 Å². The first-order valence-corrected chi connectivity index (χ1v) is 15.0. The van der Waals surface area contributed by atoms with E-state index in [-0.39, 0.29) is 30.2 Å². The van der Waals surface area contributed by atoms with Crippen molar-refractivity contribution in [3.63, 3.8) is 0 Å². The molecule has 3 unspecified atom stereocenters. The lowest BCUT2D eigenvalue weighted by molar-refractivity contribution is -0.117. The molecule has 0 radical (unpaired) electrons. The van der Waals surface area contributed by atoms with Crippen molar-refractivity contribution in [2.45, 2.75) is 70.8 Å². The first-order valence-electron chi connectivity index (χ1n) is 14.6. The molecule has 0 aliphatic carbocycles. The summed E-state index contributed by atoms with van der Waals surface area (Å²) in [7, 11) is 1.54. The number of amides is 2. The zero-order valence-corrected chi connectivity index (χ0v) is 25.8. The van der Waals surface area contributed by atoms with Crippen molar-refractivity contribution in [3.8, 4) is 0 Å². The fraction of sp³-hybridized carbons (Fsp3) is 0.621. The SMILES string of the molecule is CCC1CN(/C(=N/C(N)=C/C(=O)NCC(C)O)C(=O)NC)CCN1C1CCN(Cc2ccc(Cl)cc2C(C)N=O)CC1. The van der Waals surface area contributed by atoms with Crippen molar-refractivity contribution < 1.29 is 14.7 Å². The molecule has 0 saturated carbocycles. The van der Waals surface area contributed by atoms with E-state index in [9.17, 15) is 19.6 Å². The van der Waals surface area contributed by atoms with Gasteiger partial charge in [0.2, 0.25) is 5.91 Å². The van der Waals surface area contributed by atoms with E-state index in [0.29, 0.717) is 24.2 Å². The van der Waals surface area contributed by atoms with Crippen LogP contribution in [0.15, 0.2) is 40.3 Å². The third kappa shape index (κ3) is 9.22. The molecule has 0 aromatic heterocycles. The van der Waals surface area contributed by atoms with E-state index in [0.717, 1.165) is 62.6 Å². The molecule has 3 atom stereocenters. The number of likely N-dealkylation sites (tertiary alicyclic amines) is 1. The normalized spacial score (nSPS) is 21.1. The van der Waals surface area contributed by atoms with Crippen LogP contribution in [0.25, 0.3) is 0 Å². The van der Waals surface area contributed by atoms with E-state index in [2.05, 4.69) is 37.5 Å². The first-order chi connectivity index (χ1) is 20.1. The molecule has 2 aliphatic rings. The largest absolute Gasteiger partial charge is 0.392 e. The van der Waals surface area contributed by atoms with E-state index in [1.54, 1.807) is 13.8 Å². The molecule has 2 aliphatic heterocycles. The minimum absolute atomic E-state index is 0.0818. The average Bonchev–Trinajstić information content (AvgIpc) is 2.99. The van der Waals surface area contributed by atoms with Crippen LogP contribution in [0.4, 0.5) is 0 Å². The Labute approximate surface area is 253 Å². The Morgan fingerprint density at radius 1 is 1.21 bits per heavy atom. The zero-order chi connectivity index (χ0) is 30.8. The minimum atomic E-state index is -0.686. The predicted molar refractivity (Wildman–Crippen MR) is 165 cm³/mol. The summed E-state index contributed by atoms with van der Waals surface area (Å²) in [6.45, 7) is 10.2. The number of likely N-dealkylation sites (N-methyl/N-ethyl adjacent to an activating group) is 1. The Kier molecular flexibility index (Phi) is 12.7. The second-order valence-electron chi connectivity index (χ2n) is 11.1. The third-order valence-electron chi connectivity index (χ3n) is 7.95. The molecule has 1 aromatic carbocycles. The van der Waals surface area contributed by atoms with E-state index < -0.39 is 18.1 Å². The molecule has 42 heavy (non-hydrogen) atoms. The molecule has 13 heteroatoms. The number of nitrogens with two attached hydrogens (primary N) is 1. The van der Waals surface area contributed by atoms with Crippen LogP contribution in [0, 0.1) is 4.91 Å². The molecule has 2 fully saturated rings. The second-order valence-corrected chi connectivity index (χ2v) is 11.5. The standard InChI is InChI=1S/C29H45ClN8O4/c1-5-23-18-37(28(29(41)32-4)34-26(31)15-27(40)33-16-19(2)39)12-13-38(23)24-8-10-36(11-9-24)17-21-6-7-22(30)14-25(21)20(3)35-42/h6-7,14-15,19-20,23-24,39H,5,8-13,16-18,31H2,1-4H3,(H,32,41)(H,33,40)/b26-15+,34-28+. The van der Waals surface area contributed by atoms with Gasteiger partial charge in [-0.25, -0.2) is 4.99 Å². The number of hydrogen-bond acceptors (Lipinski definition) is 9. The molecule has 232 valence electrons. The molecule has 0 spiro atoms. The van der Waals surface area contributed by atoms with E-state index in [4.69, 9.17) is 17.3 Å². The van der Waals surface area contributed by atoms with Gasteiger partial charge in [-0.3, -0.25) is 19.4 Å². The van der Waals surface area contributed by atoms with Gasteiger partial charge < -0.3 is 26.4 Å². The highest BCUT2D eigenvalue weighted by atomic mass is 35.5. The van der Waals surface area contributed by atoms with Crippen molar-refractivity contribution >= 4 is 29.3 Å². The van der Waals surface area contributed by atoms with E-state index >= 15 is 0 Å². The van der Waals surface area contributed by atoms with Gasteiger partial charge >= 0.3 is 0 Å². The number of nitrogens with zero attached hydrogens (tertiary/aromatic N) is 5. The molecule has 2 heterocycles. The Bertz CT molecular complexity index is 1150. The number of piperidine rings is 1. The maximum absolute atomic E-state index is 12.8. The molecule has 0 bridgehead atoms. The van der Waals surface area contributed by atoms with Crippen molar-refractivity contribution in [2.24, 2.45) is 15.9 Å². The number of carbonyl (C=O) groups excluding carboxylic acids is 2. The summed E-state index contributed by atoms with van der Waals surface area (Å²) >= 11 is 6.19. The van der Waals surface area contributed by atoms with Crippen LogP contribution in [0.5, 0.6) is 0 Å². The summed E-state index contributed by atoms with van der Waals surface area (Å²) in [4.78, 5) is 47.3. The van der Waals surface area contributed by atoms with Gasteiger partial charge in [-0.2, -0.15) is 4.91 Å². The lowest BCUT2D eigenvalue weighted by Crippen LogP contribution is -2.60. The lowest BCUT2D eigenvalue weighted by Gasteiger charge is -2.48. The molecule has 2 saturated heterocycles. The number of nitroso groups, excluding NO2 is 1. The monoisotopic (exact) mass is 604 g/mol. The van der Waals surface area contributed by atoms with Gasteiger partial charge in [0.25, 0.3) is 5.91 Å². The van der Waals surface area contributed by atoms with Gasteiger partial charge in [0.15, 0.2) is 5.84 Å². The van der Waals surface area contributed by atoms with Crippen LogP contribution < -0.4 is 16.4 Å². The predicted octanol–water partition coefficient (Wildman–Crippen LogP) is 1.97. The number of piperazine rings is 1. The fourth-order valence-corrected chi connectivity index (χ4v) is 5.86. The summed E-state index contributed by atoms with van der Waals surface area (Å²) in [6, 6.07) is 5.91. The van der Waals surface area contributed by atoms with Crippen LogP contribution in [-0.2, 0) is 16.1 Å². The van der Waals surface area contributed by atoms with Crippen molar-refractivity contribution in [1.29, 1.82) is 0 Å². The number of rotatable bonds is 10. The number of aliphatic imine (C=N–C) groups is 1. The Balaban J connectivity index is 1.63. The van der Waals surface area contributed by atoms with Crippen LogP contribution in [0.1, 0.15) is 57.2 Å². The van der Waals surface area contributed by atoms with Crippen molar-refractivity contribution in [3.05, 3.63) is 51.2 Å². The molecule has 3 rings (SSSR count). The summed E-state index contributed by atoms with van der Waals surface area (Å²) in [5.41, 5.74) is 7.97. The van der Waals surface area contributed by atoms with Crippen LogP contribution in [0.3, 0.4) is 0 Å². The summed E-state index contributed by atoms with van der Waals surface area (Å²) in [5, 5.41) is 18.3.